The number of rotatable bonds is 12. The molecule has 0 aliphatic carbocycles. The van der Waals surface area contributed by atoms with E-state index in [0.717, 1.165) is 33.7 Å². The summed E-state index contributed by atoms with van der Waals surface area (Å²) in [6.45, 7) is 7.53. The minimum absolute atomic E-state index is 0.0157. The van der Waals surface area contributed by atoms with Gasteiger partial charge < -0.3 is 24.6 Å². The molecule has 3 rings (SSSR count). The molecule has 0 spiro atoms. The molecule has 1 heterocycles. The van der Waals surface area contributed by atoms with Crippen LogP contribution in [-0.2, 0) is 17.8 Å². The Labute approximate surface area is 224 Å². The lowest BCUT2D eigenvalue weighted by atomic mass is 10.1. The van der Waals surface area contributed by atoms with Gasteiger partial charge in [0, 0.05) is 23.7 Å². The predicted molar refractivity (Wildman–Crippen MR) is 150 cm³/mol. The van der Waals surface area contributed by atoms with Crippen molar-refractivity contribution < 1.29 is 19.1 Å². The van der Waals surface area contributed by atoms with Crippen LogP contribution in [0.15, 0.2) is 53.9 Å². The van der Waals surface area contributed by atoms with Crippen LogP contribution in [0.2, 0.25) is 0 Å². The number of nitrogens with zero attached hydrogens (tertiary/aromatic N) is 2. The first-order valence-electron chi connectivity index (χ1n) is 12.5. The van der Waals surface area contributed by atoms with Gasteiger partial charge in [0.05, 0.1) is 20.8 Å². The van der Waals surface area contributed by atoms with Gasteiger partial charge >= 0.3 is 6.03 Å². The largest absolute Gasteiger partial charge is 0.493 e. The molecular weight excluding hydrogens is 486 g/mol. The molecule has 1 N–H and O–H groups in total. The van der Waals surface area contributed by atoms with Gasteiger partial charge in [-0.05, 0) is 73.0 Å². The number of nitrogens with one attached hydrogen (secondary N) is 1. The zero-order valence-corrected chi connectivity index (χ0v) is 23.2. The molecule has 2 aromatic carbocycles. The molecule has 198 valence electrons. The Kier molecular flexibility index (Phi) is 10.4. The summed E-state index contributed by atoms with van der Waals surface area (Å²) in [5, 5.41) is 5.01. The van der Waals surface area contributed by atoms with Gasteiger partial charge in [0.15, 0.2) is 11.5 Å². The monoisotopic (exact) mass is 523 g/mol. The van der Waals surface area contributed by atoms with Crippen LogP contribution in [0, 0.1) is 13.8 Å². The number of anilines is 1. The minimum Gasteiger partial charge on any atom is -0.493 e. The highest BCUT2D eigenvalue weighted by atomic mass is 32.1. The Morgan fingerprint density at radius 1 is 0.946 bits per heavy atom. The van der Waals surface area contributed by atoms with Gasteiger partial charge in [-0.2, -0.15) is 0 Å². The van der Waals surface area contributed by atoms with E-state index in [2.05, 4.69) is 5.32 Å². The van der Waals surface area contributed by atoms with Crippen LogP contribution < -0.4 is 14.8 Å². The molecule has 8 heteroatoms. The van der Waals surface area contributed by atoms with Crippen molar-refractivity contribution in [3.8, 4) is 11.5 Å². The van der Waals surface area contributed by atoms with Crippen molar-refractivity contribution in [3.05, 3.63) is 75.5 Å². The first kappa shape index (κ1) is 28.1. The van der Waals surface area contributed by atoms with Crippen LogP contribution >= 0.6 is 11.3 Å². The van der Waals surface area contributed by atoms with Crippen molar-refractivity contribution in [2.75, 3.05) is 39.2 Å². The molecule has 0 saturated carbocycles. The van der Waals surface area contributed by atoms with E-state index in [1.165, 1.54) is 0 Å². The Balaban J connectivity index is 1.73. The molecule has 0 saturated heterocycles. The second kappa shape index (κ2) is 13.7. The van der Waals surface area contributed by atoms with Crippen LogP contribution in [0.4, 0.5) is 10.5 Å². The number of ether oxygens (including phenoxy) is 2. The van der Waals surface area contributed by atoms with E-state index >= 15 is 0 Å². The SMILES string of the molecule is CCCN(CC(=O)N(CCc1ccc(OC)c(OC)c1)Cc1cccs1)C(=O)Nc1cccc(C)c1C. The van der Waals surface area contributed by atoms with Crippen molar-refractivity contribution in [2.24, 2.45) is 0 Å². The average Bonchev–Trinajstić information content (AvgIpc) is 3.41. The average molecular weight is 524 g/mol. The maximum atomic E-state index is 13.5. The predicted octanol–water partition coefficient (Wildman–Crippen LogP) is 5.90. The number of thiophene rings is 1. The lowest BCUT2D eigenvalue weighted by Crippen LogP contribution is -2.45. The summed E-state index contributed by atoms with van der Waals surface area (Å²) in [6, 6.07) is 15.4. The number of amides is 3. The van der Waals surface area contributed by atoms with E-state index < -0.39 is 0 Å². The third kappa shape index (κ3) is 7.73. The van der Waals surface area contributed by atoms with Crippen molar-refractivity contribution in [2.45, 2.75) is 40.2 Å². The lowest BCUT2D eigenvalue weighted by molar-refractivity contribution is -0.132. The fourth-order valence-corrected chi connectivity index (χ4v) is 4.77. The number of urea groups is 1. The highest BCUT2D eigenvalue weighted by Crippen LogP contribution is 2.28. The first-order chi connectivity index (χ1) is 17.9. The summed E-state index contributed by atoms with van der Waals surface area (Å²) in [5.41, 5.74) is 3.93. The number of hydrogen-bond acceptors (Lipinski definition) is 5. The smallest absolute Gasteiger partial charge is 0.322 e. The second-order valence-corrected chi connectivity index (χ2v) is 9.97. The number of aryl methyl sites for hydroxylation is 1. The Morgan fingerprint density at radius 3 is 2.41 bits per heavy atom. The zero-order valence-electron chi connectivity index (χ0n) is 22.4. The topological polar surface area (TPSA) is 71.1 Å². The van der Waals surface area contributed by atoms with Crippen LogP contribution in [0.5, 0.6) is 11.5 Å². The van der Waals surface area contributed by atoms with Crippen molar-refractivity contribution in [3.63, 3.8) is 0 Å². The normalized spacial score (nSPS) is 10.6. The summed E-state index contributed by atoms with van der Waals surface area (Å²) in [4.78, 5) is 31.2. The fourth-order valence-electron chi connectivity index (χ4n) is 4.05. The molecule has 1 aromatic heterocycles. The summed E-state index contributed by atoms with van der Waals surface area (Å²) in [6.07, 6.45) is 1.41. The van der Waals surface area contributed by atoms with E-state index in [1.54, 1.807) is 30.5 Å². The molecule has 0 unspecified atom stereocenters. The molecule has 0 aliphatic heterocycles. The maximum Gasteiger partial charge on any atom is 0.322 e. The van der Waals surface area contributed by atoms with E-state index in [9.17, 15) is 9.59 Å². The van der Waals surface area contributed by atoms with Gasteiger partial charge in [-0.3, -0.25) is 4.79 Å². The molecule has 0 radical (unpaired) electrons. The summed E-state index contributed by atoms with van der Waals surface area (Å²) in [5.74, 6) is 1.25. The zero-order chi connectivity index (χ0) is 26.8. The van der Waals surface area contributed by atoms with Crippen molar-refractivity contribution in [1.82, 2.24) is 9.80 Å². The Bertz CT molecular complexity index is 1180. The quantitative estimate of drug-likeness (QED) is 0.321. The number of methoxy groups -OCH3 is 2. The van der Waals surface area contributed by atoms with E-state index in [4.69, 9.17) is 9.47 Å². The van der Waals surface area contributed by atoms with Crippen LogP contribution in [-0.4, -0.2) is 55.6 Å². The highest BCUT2D eigenvalue weighted by Gasteiger charge is 2.22. The van der Waals surface area contributed by atoms with Gasteiger partial charge in [-0.1, -0.05) is 31.2 Å². The number of carbonyl (C=O) groups is 2. The molecule has 0 aliphatic rings. The molecule has 0 bridgehead atoms. The standard InChI is InChI=1S/C29H37N3O4S/c1-6-15-32(29(34)30-25-11-7-9-21(2)22(25)3)20-28(33)31(19-24-10-8-17-37-24)16-14-23-12-13-26(35-4)27(18-23)36-5/h7-13,17-18H,6,14-16,19-20H2,1-5H3,(H,30,34). The summed E-state index contributed by atoms with van der Waals surface area (Å²) < 4.78 is 10.8. The number of hydrogen-bond donors (Lipinski definition) is 1. The van der Waals surface area contributed by atoms with Crippen molar-refractivity contribution >= 4 is 29.0 Å². The lowest BCUT2D eigenvalue weighted by Gasteiger charge is -2.28. The Hall–Kier alpha value is -3.52. The minimum atomic E-state index is -0.264. The molecule has 37 heavy (non-hydrogen) atoms. The number of carbonyl (C=O) groups excluding carboxylic acids is 2. The highest BCUT2D eigenvalue weighted by molar-refractivity contribution is 7.09. The molecule has 0 atom stereocenters. The third-order valence-electron chi connectivity index (χ3n) is 6.35. The van der Waals surface area contributed by atoms with Gasteiger partial charge in [-0.15, -0.1) is 11.3 Å². The number of benzene rings is 2. The summed E-state index contributed by atoms with van der Waals surface area (Å²) >= 11 is 1.62. The fraction of sp³-hybridized carbons (Fsp3) is 0.379. The van der Waals surface area contributed by atoms with E-state index in [0.29, 0.717) is 37.6 Å². The second-order valence-electron chi connectivity index (χ2n) is 8.93. The van der Waals surface area contributed by atoms with Gasteiger partial charge in [-0.25, -0.2) is 4.79 Å². The van der Waals surface area contributed by atoms with Crippen LogP contribution in [0.25, 0.3) is 0 Å². The van der Waals surface area contributed by atoms with Gasteiger partial charge in [0.2, 0.25) is 5.91 Å². The molecule has 7 nitrogen and oxygen atoms in total. The third-order valence-corrected chi connectivity index (χ3v) is 7.21. The van der Waals surface area contributed by atoms with E-state index in [1.807, 2.05) is 79.6 Å². The van der Waals surface area contributed by atoms with Gasteiger partial charge in [0.1, 0.15) is 6.54 Å². The molecule has 0 fully saturated rings. The van der Waals surface area contributed by atoms with Crippen molar-refractivity contribution in [1.29, 1.82) is 0 Å². The molecule has 3 amide bonds. The van der Waals surface area contributed by atoms with E-state index in [-0.39, 0.29) is 18.5 Å². The molecular formula is C29H37N3O4S. The maximum absolute atomic E-state index is 13.5. The Morgan fingerprint density at radius 2 is 1.73 bits per heavy atom. The van der Waals surface area contributed by atoms with Crippen LogP contribution in [0.1, 0.15) is 34.9 Å². The van der Waals surface area contributed by atoms with Crippen LogP contribution in [0.3, 0.4) is 0 Å². The molecule has 3 aromatic rings. The van der Waals surface area contributed by atoms with Gasteiger partial charge in [0.25, 0.3) is 0 Å². The summed E-state index contributed by atoms with van der Waals surface area (Å²) in [7, 11) is 3.22. The first-order valence-corrected chi connectivity index (χ1v) is 13.4.